The number of nitrogens with one attached hydrogen (secondary N) is 1. The number of piperidine rings is 1. The largest absolute Gasteiger partial charge is 0.493 e. The van der Waals surface area contributed by atoms with Gasteiger partial charge in [-0.25, -0.2) is 8.78 Å². The molecule has 20 heavy (non-hydrogen) atoms. The van der Waals surface area contributed by atoms with Crippen molar-refractivity contribution < 1.29 is 18.3 Å². The maximum atomic E-state index is 13.9. The molecule has 0 saturated carbocycles. The highest BCUT2D eigenvalue weighted by molar-refractivity contribution is 5.50. The van der Waals surface area contributed by atoms with Crippen LogP contribution in [0.25, 0.3) is 0 Å². The summed E-state index contributed by atoms with van der Waals surface area (Å²) in [6, 6.07) is 3.12. The first-order chi connectivity index (χ1) is 9.47. The number of ether oxygens (including phenoxy) is 2. The van der Waals surface area contributed by atoms with E-state index in [9.17, 15) is 8.78 Å². The van der Waals surface area contributed by atoms with E-state index < -0.39 is 5.92 Å². The average molecular weight is 285 g/mol. The van der Waals surface area contributed by atoms with Gasteiger partial charge in [-0.3, -0.25) is 0 Å². The monoisotopic (exact) mass is 285 g/mol. The minimum atomic E-state index is -2.89. The van der Waals surface area contributed by atoms with Crippen LogP contribution in [-0.4, -0.2) is 27.3 Å². The molecule has 1 fully saturated rings. The van der Waals surface area contributed by atoms with Crippen molar-refractivity contribution in [3.8, 4) is 11.5 Å². The summed E-state index contributed by atoms with van der Waals surface area (Å²) < 4.78 is 38.2. The standard InChI is InChI=1S/C15H21F2NO2/c1-15(16,17)12-9-14(20-3)13(19-2)8-11(12)10-4-6-18-7-5-10/h8-10,18H,4-7H2,1-3H3. The van der Waals surface area contributed by atoms with E-state index >= 15 is 0 Å². The van der Waals surface area contributed by atoms with Gasteiger partial charge in [-0.05, 0) is 49.5 Å². The molecule has 1 aromatic rings. The molecule has 0 bridgehead atoms. The van der Waals surface area contributed by atoms with Gasteiger partial charge in [0.25, 0.3) is 5.92 Å². The Balaban J connectivity index is 2.51. The van der Waals surface area contributed by atoms with E-state index in [0.717, 1.165) is 32.9 Å². The van der Waals surface area contributed by atoms with Crippen LogP contribution in [0.3, 0.4) is 0 Å². The number of alkyl halides is 2. The molecule has 2 rings (SSSR count). The van der Waals surface area contributed by atoms with Gasteiger partial charge in [0, 0.05) is 12.5 Å². The van der Waals surface area contributed by atoms with Crippen molar-refractivity contribution in [3.05, 3.63) is 23.3 Å². The first kappa shape index (κ1) is 15.0. The van der Waals surface area contributed by atoms with Crippen molar-refractivity contribution in [1.82, 2.24) is 5.32 Å². The Kier molecular flexibility index (Phi) is 4.48. The minimum Gasteiger partial charge on any atom is -0.493 e. The molecule has 1 aromatic carbocycles. The normalized spacial score (nSPS) is 17.1. The minimum absolute atomic E-state index is 0.0436. The van der Waals surface area contributed by atoms with Gasteiger partial charge < -0.3 is 14.8 Å². The Bertz CT molecular complexity index is 466. The number of methoxy groups -OCH3 is 2. The van der Waals surface area contributed by atoms with E-state index in [1.54, 1.807) is 6.07 Å². The van der Waals surface area contributed by atoms with Crippen LogP contribution in [-0.2, 0) is 5.92 Å². The fourth-order valence-corrected chi connectivity index (χ4v) is 2.75. The predicted octanol–water partition coefficient (Wildman–Crippen LogP) is 3.28. The highest BCUT2D eigenvalue weighted by atomic mass is 19.3. The van der Waals surface area contributed by atoms with Crippen LogP contribution < -0.4 is 14.8 Å². The molecule has 0 unspecified atom stereocenters. The molecule has 5 heteroatoms. The summed E-state index contributed by atoms with van der Waals surface area (Å²) in [5.41, 5.74) is 0.721. The summed E-state index contributed by atoms with van der Waals surface area (Å²) in [7, 11) is 2.98. The Morgan fingerprint density at radius 2 is 1.65 bits per heavy atom. The van der Waals surface area contributed by atoms with Crippen molar-refractivity contribution in [2.45, 2.75) is 31.6 Å². The lowest BCUT2D eigenvalue weighted by Crippen LogP contribution is -2.28. The third kappa shape index (κ3) is 3.03. The number of rotatable bonds is 4. The maximum absolute atomic E-state index is 13.9. The molecule has 0 spiro atoms. The zero-order chi connectivity index (χ0) is 14.8. The molecular weight excluding hydrogens is 264 g/mol. The van der Waals surface area contributed by atoms with E-state index in [0.29, 0.717) is 17.1 Å². The third-order valence-corrected chi connectivity index (χ3v) is 3.81. The van der Waals surface area contributed by atoms with Gasteiger partial charge in [0.05, 0.1) is 14.2 Å². The van der Waals surface area contributed by atoms with Crippen LogP contribution in [0.2, 0.25) is 0 Å². The summed E-state index contributed by atoms with van der Waals surface area (Å²) in [6.07, 6.45) is 1.72. The molecule has 1 aliphatic heterocycles. The number of hydrogen-bond acceptors (Lipinski definition) is 3. The van der Waals surface area contributed by atoms with Gasteiger partial charge in [-0.2, -0.15) is 0 Å². The highest BCUT2D eigenvalue weighted by Crippen LogP contribution is 2.42. The van der Waals surface area contributed by atoms with Crippen LogP contribution in [0, 0.1) is 0 Å². The molecular formula is C15H21F2NO2. The van der Waals surface area contributed by atoms with Crippen molar-refractivity contribution in [3.63, 3.8) is 0 Å². The van der Waals surface area contributed by atoms with Crippen LogP contribution in [0.15, 0.2) is 12.1 Å². The van der Waals surface area contributed by atoms with Gasteiger partial charge in [0.2, 0.25) is 0 Å². The van der Waals surface area contributed by atoms with Gasteiger partial charge in [0.1, 0.15) is 0 Å². The second-order valence-corrected chi connectivity index (χ2v) is 5.21. The lowest BCUT2D eigenvalue weighted by molar-refractivity contribution is 0.0157. The molecule has 112 valence electrons. The number of hydrogen-bond donors (Lipinski definition) is 1. The molecule has 1 aliphatic rings. The van der Waals surface area contributed by atoms with Gasteiger partial charge >= 0.3 is 0 Å². The van der Waals surface area contributed by atoms with Gasteiger partial charge in [0.15, 0.2) is 11.5 Å². The van der Waals surface area contributed by atoms with Gasteiger partial charge in [-0.1, -0.05) is 0 Å². The van der Waals surface area contributed by atoms with Crippen molar-refractivity contribution in [2.75, 3.05) is 27.3 Å². The zero-order valence-corrected chi connectivity index (χ0v) is 12.1. The van der Waals surface area contributed by atoms with E-state index in [-0.39, 0.29) is 11.5 Å². The summed E-state index contributed by atoms with van der Waals surface area (Å²) in [6.45, 7) is 2.64. The number of benzene rings is 1. The molecule has 0 aromatic heterocycles. The highest BCUT2D eigenvalue weighted by Gasteiger charge is 2.32. The quantitative estimate of drug-likeness (QED) is 0.921. The zero-order valence-electron chi connectivity index (χ0n) is 12.1. The van der Waals surface area contributed by atoms with Crippen molar-refractivity contribution in [2.24, 2.45) is 0 Å². The molecule has 1 saturated heterocycles. The smallest absolute Gasteiger partial charge is 0.270 e. The summed E-state index contributed by atoms with van der Waals surface area (Å²) in [4.78, 5) is 0. The summed E-state index contributed by atoms with van der Waals surface area (Å²) in [5.74, 6) is -1.90. The lowest BCUT2D eigenvalue weighted by atomic mass is 9.85. The van der Waals surface area contributed by atoms with Crippen LogP contribution in [0.4, 0.5) is 8.78 Å². The maximum Gasteiger partial charge on any atom is 0.270 e. The Morgan fingerprint density at radius 3 is 2.15 bits per heavy atom. The molecule has 0 amide bonds. The SMILES string of the molecule is COc1cc(C2CCNCC2)c(C(C)(F)F)cc1OC. The average Bonchev–Trinajstić information content (AvgIpc) is 2.45. The van der Waals surface area contributed by atoms with E-state index in [1.165, 1.54) is 20.3 Å². The fraction of sp³-hybridized carbons (Fsp3) is 0.600. The van der Waals surface area contributed by atoms with E-state index in [2.05, 4.69) is 5.32 Å². The molecule has 1 heterocycles. The molecule has 3 nitrogen and oxygen atoms in total. The lowest BCUT2D eigenvalue weighted by Gasteiger charge is -2.28. The fourth-order valence-electron chi connectivity index (χ4n) is 2.75. The Morgan fingerprint density at radius 1 is 1.10 bits per heavy atom. The number of halogens is 2. The Hall–Kier alpha value is -1.36. The third-order valence-electron chi connectivity index (χ3n) is 3.81. The summed E-state index contributed by atoms with van der Waals surface area (Å²) >= 11 is 0. The topological polar surface area (TPSA) is 30.5 Å². The predicted molar refractivity (Wildman–Crippen MR) is 74.0 cm³/mol. The summed E-state index contributed by atoms with van der Waals surface area (Å²) in [5, 5.41) is 3.25. The second kappa shape index (κ2) is 5.95. The molecule has 0 radical (unpaired) electrons. The van der Waals surface area contributed by atoms with Gasteiger partial charge in [-0.15, -0.1) is 0 Å². The van der Waals surface area contributed by atoms with Crippen LogP contribution >= 0.6 is 0 Å². The molecule has 1 N–H and O–H groups in total. The first-order valence-electron chi connectivity index (χ1n) is 6.82. The van der Waals surface area contributed by atoms with Crippen LogP contribution in [0.5, 0.6) is 11.5 Å². The molecule has 0 aliphatic carbocycles. The first-order valence-corrected chi connectivity index (χ1v) is 6.82. The Labute approximate surface area is 118 Å². The molecule has 0 atom stereocenters. The van der Waals surface area contributed by atoms with E-state index in [1.807, 2.05) is 0 Å². The van der Waals surface area contributed by atoms with Crippen molar-refractivity contribution in [1.29, 1.82) is 0 Å². The van der Waals surface area contributed by atoms with Crippen molar-refractivity contribution >= 4 is 0 Å². The van der Waals surface area contributed by atoms with Crippen LogP contribution in [0.1, 0.15) is 36.8 Å². The van der Waals surface area contributed by atoms with E-state index in [4.69, 9.17) is 9.47 Å². The second-order valence-electron chi connectivity index (χ2n) is 5.21.